The Morgan fingerprint density at radius 3 is 2.58 bits per heavy atom. The lowest BCUT2D eigenvalue weighted by Crippen LogP contribution is -2.24. The lowest BCUT2D eigenvalue weighted by Gasteiger charge is -2.13. The zero-order valence-electron chi connectivity index (χ0n) is 7.97. The van der Waals surface area contributed by atoms with E-state index in [1.165, 1.54) is 19.3 Å². The number of unbranched alkanes of at least 4 members (excludes halogenated alkanes) is 1. The van der Waals surface area contributed by atoms with Crippen molar-refractivity contribution in [1.29, 1.82) is 0 Å². The van der Waals surface area contributed by atoms with Crippen LogP contribution in [-0.4, -0.2) is 11.8 Å². The van der Waals surface area contributed by atoms with Gasteiger partial charge in [0.1, 0.15) is 0 Å². The average molecular weight is 189 g/mol. The summed E-state index contributed by atoms with van der Waals surface area (Å²) in [5, 5.41) is 2.51. The second-order valence-corrected chi connectivity index (χ2v) is 3.51. The van der Waals surface area contributed by atoms with Crippen molar-refractivity contribution < 1.29 is 4.79 Å². The van der Waals surface area contributed by atoms with Crippen molar-refractivity contribution in [1.82, 2.24) is 5.32 Å². The van der Waals surface area contributed by atoms with Gasteiger partial charge in [-0.25, -0.2) is 0 Å². The molecule has 0 saturated carbocycles. The number of carbonyl (C=O) groups excluding carboxylic acids is 1. The first-order valence-electron chi connectivity index (χ1n) is 4.67. The number of carbonyl (C=O) groups is 1. The van der Waals surface area contributed by atoms with Crippen molar-refractivity contribution in [3.05, 3.63) is 0 Å². The normalized spacial score (nSPS) is 12.6. The SMILES string of the molecule is CCCCC(CC)CNC(=O)S. The van der Waals surface area contributed by atoms with Gasteiger partial charge in [-0.15, -0.1) is 0 Å². The predicted octanol–water partition coefficient (Wildman–Crippen LogP) is 2.84. The first-order chi connectivity index (χ1) is 5.70. The van der Waals surface area contributed by atoms with Gasteiger partial charge in [0, 0.05) is 6.54 Å². The maximum Gasteiger partial charge on any atom is 0.275 e. The predicted molar refractivity (Wildman–Crippen MR) is 55.7 cm³/mol. The van der Waals surface area contributed by atoms with E-state index < -0.39 is 0 Å². The monoisotopic (exact) mass is 189 g/mol. The first-order valence-corrected chi connectivity index (χ1v) is 5.12. The summed E-state index contributed by atoms with van der Waals surface area (Å²) in [7, 11) is 0. The van der Waals surface area contributed by atoms with Gasteiger partial charge in [0.15, 0.2) is 0 Å². The fourth-order valence-corrected chi connectivity index (χ4v) is 1.27. The molecule has 0 spiro atoms. The third-order valence-corrected chi connectivity index (χ3v) is 2.24. The lowest BCUT2D eigenvalue weighted by atomic mass is 10.00. The number of hydrogen-bond acceptors (Lipinski definition) is 1. The van der Waals surface area contributed by atoms with Gasteiger partial charge >= 0.3 is 0 Å². The van der Waals surface area contributed by atoms with Crippen LogP contribution in [0.25, 0.3) is 0 Å². The van der Waals surface area contributed by atoms with Gasteiger partial charge in [-0.2, -0.15) is 0 Å². The van der Waals surface area contributed by atoms with E-state index in [9.17, 15) is 4.79 Å². The van der Waals surface area contributed by atoms with Gasteiger partial charge in [-0.05, 0) is 12.3 Å². The molecule has 0 heterocycles. The molecule has 1 unspecified atom stereocenters. The van der Waals surface area contributed by atoms with Crippen LogP contribution < -0.4 is 5.32 Å². The molecule has 0 aromatic heterocycles. The standard InChI is InChI=1S/C9H19NOS/c1-3-5-6-8(4-2)7-10-9(11)12/h8H,3-7H2,1-2H3,(H2,10,11,12). The van der Waals surface area contributed by atoms with E-state index in [0.717, 1.165) is 13.0 Å². The van der Waals surface area contributed by atoms with Crippen molar-refractivity contribution in [3.63, 3.8) is 0 Å². The van der Waals surface area contributed by atoms with Crippen LogP contribution in [0, 0.1) is 5.92 Å². The summed E-state index contributed by atoms with van der Waals surface area (Å²) in [4.78, 5) is 10.5. The Morgan fingerprint density at radius 1 is 1.50 bits per heavy atom. The number of amides is 1. The highest BCUT2D eigenvalue weighted by Crippen LogP contribution is 2.11. The van der Waals surface area contributed by atoms with E-state index >= 15 is 0 Å². The minimum Gasteiger partial charge on any atom is -0.347 e. The maximum atomic E-state index is 10.5. The van der Waals surface area contributed by atoms with Crippen molar-refractivity contribution in [2.45, 2.75) is 39.5 Å². The van der Waals surface area contributed by atoms with Crippen LogP contribution in [0.5, 0.6) is 0 Å². The summed E-state index contributed by atoms with van der Waals surface area (Å²) in [6, 6.07) is 0. The summed E-state index contributed by atoms with van der Waals surface area (Å²) in [6.07, 6.45) is 4.82. The molecule has 0 aliphatic carbocycles. The van der Waals surface area contributed by atoms with E-state index in [-0.39, 0.29) is 5.24 Å². The molecule has 72 valence electrons. The second-order valence-electron chi connectivity index (χ2n) is 3.10. The molecule has 0 rings (SSSR count). The molecule has 0 bridgehead atoms. The van der Waals surface area contributed by atoms with E-state index in [1.807, 2.05) is 0 Å². The summed E-state index contributed by atoms with van der Waals surface area (Å²) < 4.78 is 0. The smallest absolute Gasteiger partial charge is 0.275 e. The Balaban J connectivity index is 3.45. The topological polar surface area (TPSA) is 29.1 Å². The molecule has 3 heteroatoms. The fraction of sp³-hybridized carbons (Fsp3) is 0.889. The van der Waals surface area contributed by atoms with Crippen LogP contribution in [0.2, 0.25) is 0 Å². The zero-order chi connectivity index (χ0) is 9.40. The van der Waals surface area contributed by atoms with Gasteiger partial charge in [-0.3, -0.25) is 4.79 Å². The number of rotatable bonds is 6. The van der Waals surface area contributed by atoms with Crippen LogP contribution in [0.3, 0.4) is 0 Å². The Kier molecular flexibility index (Phi) is 7.36. The molecule has 12 heavy (non-hydrogen) atoms. The summed E-state index contributed by atoms with van der Waals surface area (Å²) in [5.41, 5.74) is 0. The maximum absolute atomic E-state index is 10.5. The molecule has 0 aromatic carbocycles. The van der Waals surface area contributed by atoms with Gasteiger partial charge in [0.2, 0.25) is 0 Å². The molecular formula is C9H19NOS. The second kappa shape index (κ2) is 7.47. The molecular weight excluding hydrogens is 170 g/mol. The molecule has 1 amide bonds. The largest absolute Gasteiger partial charge is 0.347 e. The van der Waals surface area contributed by atoms with Crippen molar-refractivity contribution in [2.24, 2.45) is 5.92 Å². The van der Waals surface area contributed by atoms with Gasteiger partial charge in [0.25, 0.3) is 5.24 Å². The van der Waals surface area contributed by atoms with Crippen LogP contribution in [-0.2, 0) is 0 Å². The van der Waals surface area contributed by atoms with Crippen molar-refractivity contribution in [2.75, 3.05) is 6.54 Å². The minimum absolute atomic E-state index is 0.218. The minimum atomic E-state index is -0.218. The lowest BCUT2D eigenvalue weighted by molar-refractivity contribution is 0.258. The molecule has 0 radical (unpaired) electrons. The fourth-order valence-electron chi connectivity index (χ4n) is 1.17. The summed E-state index contributed by atoms with van der Waals surface area (Å²) in [5.74, 6) is 0.626. The Morgan fingerprint density at radius 2 is 2.17 bits per heavy atom. The van der Waals surface area contributed by atoms with Crippen molar-refractivity contribution in [3.8, 4) is 0 Å². The molecule has 2 nitrogen and oxygen atoms in total. The van der Waals surface area contributed by atoms with Gasteiger partial charge < -0.3 is 5.32 Å². The molecule has 0 aromatic rings. The Hall–Kier alpha value is -0.180. The molecule has 1 N–H and O–H groups in total. The molecule has 0 saturated heterocycles. The quantitative estimate of drug-likeness (QED) is 0.618. The summed E-state index contributed by atoms with van der Waals surface area (Å²) in [6.45, 7) is 5.12. The van der Waals surface area contributed by atoms with E-state index in [4.69, 9.17) is 0 Å². The van der Waals surface area contributed by atoms with Gasteiger partial charge in [0.05, 0.1) is 0 Å². The highest BCUT2D eigenvalue weighted by molar-refractivity contribution is 7.96. The van der Waals surface area contributed by atoms with E-state index in [0.29, 0.717) is 5.92 Å². The van der Waals surface area contributed by atoms with Gasteiger partial charge in [-0.1, -0.05) is 45.7 Å². The summed E-state index contributed by atoms with van der Waals surface area (Å²) >= 11 is 3.65. The van der Waals surface area contributed by atoms with Crippen LogP contribution in [0.4, 0.5) is 4.79 Å². The third kappa shape index (κ3) is 6.53. The molecule has 0 aliphatic rings. The van der Waals surface area contributed by atoms with Crippen molar-refractivity contribution >= 4 is 17.9 Å². The van der Waals surface area contributed by atoms with Crippen LogP contribution in [0.1, 0.15) is 39.5 Å². The average Bonchev–Trinajstić information content (AvgIpc) is 2.05. The number of hydrogen-bond donors (Lipinski definition) is 2. The number of nitrogens with one attached hydrogen (secondary N) is 1. The highest BCUT2D eigenvalue weighted by atomic mass is 32.1. The first kappa shape index (κ1) is 11.8. The van der Waals surface area contributed by atoms with E-state index in [2.05, 4.69) is 31.8 Å². The zero-order valence-corrected chi connectivity index (χ0v) is 8.86. The van der Waals surface area contributed by atoms with E-state index in [1.54, 1.807) is 0 Å². The Bertz CT molecular complexity index is 128. The highest BCUT2D eigenvalue weighted by Gasteiger charge is 2.05. The Labute approximate surface area is 80.5 Å². The number of thiol groups is 1. The molecule has 1 atom stereocenters. The molecule has 0 aliphatic heterocycles. The van der Waals surface area contributed by atoms with Crippen LogP contribution in [0.15, 0.2) is 0 Å². The van der Waals surface area contributed by atoms with Crippen LogP contribution >= 0.6 is 12.6 Å². The molecule has 0 fully saturated rings. The third-order valence-electron chi connectivity index (χ3n) is 2.09.